The zero-order valence-corrected chi connectivity index (χ0v) is 16.4. The van der Waals surface area contributed by atoms with Gasteiger partial charge in [0.1, 0.15) is 5.76 Å². The second-order valence-electron chi connectivity index (χ2n) is 5.61. The average Bonchev–Trinajstić information content (AvgIpc) is 2.81. The van der Waals surface area contributed by atoms with Gasteiger partial charge in [0, 0.05) is 18.2 Å². The number of nitrogens with zero attached hydrogens (tertiary/aromatic N) is 2. The molecule has 0 unspecified atom stereocenters. The van der Waals surface area contributed by atoms with Gasteiger partial charge in [-0.2, -0.15) is 0 Å². The highest BCUT2D eigenvalue weighted by atomic mass is 127. The van der Waals surface area contributed by atoms with Crippen LogP contribution in [0.4, 0.5) is 0 Å². The maximum Gasteiger partial charge on any atom is 0.192 e. The Balaban J connectivity index is 0.00000264. The number of aromatic nitrogens is 1. The third-order valence-corrected chi connectivity index (χ3v) is 3.30. The van der Waals surface area contributed by atoms with Crippen molar-refractivity contribution in [3.8, 4) is 0 Å². The summed E-state index contributed by atoms with van der Waals surface area (Å²) in [5.74, 6) is 1.64. The molecule has 0 spiro atoms. The summed E-state index contributed by atoms with van der Waals surface area (Å²) in [7, 11) is 0. The highest BCUT2D eigenvalue weighted by molar-refractivity contribution is 14.0. The van der Waals surface area contributed by atoms with E-state index in [0.29, 0.717) is 19.1 Å². The molecule has 2 aromatic rings. The van der Waals surface area contributed by atoms with E-state index in [1.165, 1.54) is 5.56 Å². The molecule has 1 heterocycles. The van der Waals surface area contributed by atoms with Crippen LogP contribution >= 0.6 is 24.0 Å². The summed E-state index contributed by atoms with van der Waals surface area (Å²) in [4.78, 5) is 4.64. The minimum absolute atomic E-state index is 0. The first kappa shape index (κ1) is 19.5. The number of benzene rings is 1. The SMILES string of the molecule is Cc1noc(C)c1CNC(=NCc1ccccc1)NC(C)C.I. The van der Waals surface area contributed by atoms with E-state index in [9.17, 15) is 0 Å². The van der Waals surface area contributed by atoms with Gasteiger partial charge in [0.05, 0.1) is 12.2 Å². The highest BCUT2D eigenvalue weighted by Gasteiger charge is 2.10. The fourth-order valence-corrected chi connectivity index (χ4v) is 2.11. The molecule has 0 aliphatic carbocycles. The topological polar surface area (TPSA) is 62.5 Å². The van der Waals surface area contributed by atoms with Gasteiger partial charge in [-0.05, 0) is 33.3 Å². The van der Waals surface area contributed by atoms with Gasteiger partial charge in [-0.1, -0.05) is 35.5 Å². The van der Waals surface area contributed by atoms with Crippen LogP contribution in [0.1, 0.15) is 36.4 Å². The lowest BCUT2D eigenvalue weighted by molar-refractivity contribution is 0.392. The van der Waals surface area contributed by atoms with Crippen LogP contribution in [0, 0.1) is 13.8 Å². The highest BCUT2D eigenvalue weighted by Crippen LogP contribution is 2.11. The predicted octanol–water partition coefficient (Wildman–Crippen LogP) is 3.55. The molecule has 0 atom stereocenters. The second-order valence-corrected chi connectivity index (χ2v) is 5.61. The molecule has 0 saturated heterocycles. The van der Waals surface area contributed by atoms with E-state index < -0.39 is 0 Å². The minimum Gasteiger partial charge on any atom is -0.361 e. The lowest BCUT2D eigenvalue weighted by Gasteiger charge is -2.15. The fraction of sp³-hybridized carbons (Fsp3) is 0.412. The molecule has 6 heteroatoms. The molecule has 2 N–H and O–H groups in total. The summed E-state index contributed by atoms with van der Waals surface area (Å²) in [5, 5.41) is 10.7. The van der Waals surface area contributed by atoms with E-state index in [1.54, 1.807) is 0 Å². The summed E-state index contributed by atoms with van der Waals surface area (Å²) >= 11 is 0. The van der Waals surface area contributed by atoms with Gasteiger partial charge >= 0.3 is 0 Å². The van der Waals surface area contributed by atoms with Crippen molar-refractivity contribution in [3.05, 3.63) is 52.9 Å². The number of nitrogens with one attached hydrogen (secondary N) is 2. The average molecular weight is 428 g/mol. The molecular weight excluding hydrogens is 403 g/mol. The molecule has 0 aliphatic heterocycles. The van der Waals surface area contributed by atoms with Gasteiger partial charge < -0.3 is 15.2 Å². The van der Waals surface area contributed by atoms with Gasteiger partial charge in [0.25, 0.3) is 0 Å². The lowest BCUT2D eigenvalue weighted by Crippen LogP contribution is -2.40. The number of halogens is 1. The molecule has 2 rings (SSSR count). The first-order valence-corrected chi connectivity index (χ1v) is 7.56. The van der Waals surface area contributed by atoms with Crippen molar-refractivity contribution in [1.82, 2.24) is 15.8 Å². The third-order valence-electron chi connectivity index (χ3n) is 3.30. The minimum atomic E-state index is 0. The van der Waals surface area contributed by atoms with E-state index >= 15 is 0 Å². The van der Waals surface area contributed by atoms with Crippen LogP contribution < -0.4 is 10.6 Å². The Labute approximate surface area is 155 Å². The number of guanidine groups is 1. The van der Waals surface area contributed by atoms with Crippen LogP contribution in [0.15, 0.2) is 39.8 Å². The van der Waals surface area contributed by atoms with Gasteiger partial charge in [0.2, 0.25) is 0 Å². The maximum absolute atomic E-state index is 5.19. The van der Waals surface area contributed by atoms with Crippen molar-refractivity contribution in [2.75, 3.05) is 0 Å². The summed E-state index contributed by atoms with van der Waals surface area (Å²) in [6, 6.07) is 10.5. The van der Waals surface area contributed by atoms with Crippen molar-refractivity contribution in [2.45, 2.75) is 46.8 Å². The Morgan fingerprint density at radius 1 is 1.22 bits per heavy atom. The maximum atomic E-state index is 5.19. The molecule has 1 aromatic carbocycles. The quantitative estimate of drug-likeness (QED) is 0.435. The van der Waals surface area contributed by atoms with Crippen molar-refractivity contribution >= 4 is 29.9 Å². The fourth-order valence-electron chi connectivity index (χ4n) is 2.11. The normalized spacial score (nSPS) is 11.3. The lowest BCUT2D eigenvalue weighted by atomic mass is 10.2. The largest absolute Gasteiger partial charge is 0.361 e. The number of aliphatic imine (C=N–C) groups is 1. The first-order chi connectivity index (χ1) is 10.6. The molecule has 5 nitrogen and oxygen atoms in total. The van der Waals surface area contributed by atoms with Crippen molar-refractivity contribution in [3.63, 3.8) is 0 Å². The van der Waals surface area contributed by atoms with E-state index in [2.05, 4.69) is 46.8 Å². The Bertz CT molecular complexity index is 603. The van der Waals surface area contributed by atoms with E-state index in [0.717, 1.165) is 23.0 Å². The van der Waals surface area contributed by atoms with Gasteiger partial charge in [-0.25, -0.2) is 4.99 Å². The van der Waals surface area contributed by atoms with Crippen molar-refractivity contribution in [2.24, 2.45) is 4.99 Å². The molecule has 0 aliphatic rings. The molecule has 0 saturated carbocycles. The number of aryl methyl sites for hydroxylation is 2. The van der Waals surface area contributed by atoms with Crippen LogP contribution in [0.5, 0.6) is 0 Å². The van der Waals surface area contributed by atoms with Crippen molar-refractivity contribution in [1.29, 1.82) is 0 Å². The van der Waals surface area contributed by atoms with Gasteiger partial charge in [-0.15, -0.1) is 24.0 Å². The Hall–Kier alpha value is -1.57. The summed E-state index contributed by atoms with van der Waals surface area (Å²) < 4.78 is 5.19. The molecule has 0 amide bonds. The zero-order chi connectivity index (χ0) is 15.9. The zero-order valence-electron chi connectivity index (χ0n) is 14.1. The standard InChI is InChI=1S/C17H24N4O.HI/c1-12(2)20-17(18-10-15-8-6-5-7-9-15)19-11-16-13(3)21-22-14(16)4;/h5-9,12H,10-11H2,1-4H3,(H2,18,19,20);1H. The third kappa shape index (κ3) is 6.21. The van der Waals surface area contributed by atoms with Crippen molar-refractivity contribution < 1.29 is 4.52 Å². The molecule has 0 bridgehead atoms. The van der Waals surface area contributed by atoms with Crippen LogP contribution in [0.3, 0.4) is 0 Å². The summed E-state index contributed by atoms with van der Waals surface area (Å²) in [5.41, 5.74) is 3.18. The monoisotopic (exact) mass is 428 g/mol. The van der Waals surface area contributed by atoms with Crippen LogP contribution in [0.2, 0.25) is 0 Å². The van der Waals surface area contributed by atoms with E-state index in [-0.39, 0.29) is 24.0 Å². The summed E-state index contributed by atoms with van der Waals surface area (Å²) in [6.45, 7) is 9.35. The van der Waals surface area contributed by atoms with E-state index in [4.69, 9.17) is 4.52 Å². The second kappa shape index (κ2) is 9.54. The molecule has 23 heavy (non-hydrogen) atoms. The smallest absolute Gasteiger partial charge is 0.192 e. The molecule has 126 valence electrons. The van der Waals surface area contributed by atoms with Crippen LogP contribution in [-0.2, 0) is 13.1 Å². The van der Waals surface area contributed by atoms with Gasteiger partial charge in [-0.3, -0.25) is 0 Å². The first-order valence-electron chi connectivity index (χ1n) is 7.56. The molecular formula is C17H25IN4O. The molecule has 0 fully saturated rings. The number of hydrogen-bond acceptors (Lipinski definition) is 3. The summed E-state index contributed by atoms with van der Waals surface area (Å²) in [6.07, 6.45) is 0. The Morgan fingerprint density at radius 2 is 1.91 bits per heavy atom. The number of hydrogen-bond donors (Lipinski definition) is 2. The Kier molecular flexibility index (Phi) is 8.08. The van der Waals surface area contributed by atoms with Gasteiger partial charge in [0.15, 0.2) is 5.96 Å². The molecule has 1 aromatic heterocycles. The number of rotatable bonds is 5. The van der Waals surface area contributed by atoms with Crippen LogP contribution in [-0.4, -0.2) is 17.2 Å². The van der Waals surface area contributed by atoms with Crippen LogP contribution in [0.25, 0.3) is 0 Å². The predicted molar refractivity (Wildman–Crippen MR) is 104 cm³/mol. The molecule has 0 radical (unpaired) electrons. The Morgan fingerprint density at radius 3 is 2.48 bits per heavy atom. The van der Waals surface area contributed by atoms with E-state index in [1.807, 2.05) is 32.0 Å².